The lowest BCUT2D eigenvalue weighted by Gasteiger charge is -2.22. The minimum atomic E-state index is -3.44. The van der Waals surface area contributed by atoms with Gasteiger partial charge in [-0.1, -0.05) is 12.1 Å². The first-order chi connectivity index (χ1) is 15.8. The van der Waals surface area contributed by atoms with E-state index in [4.69, 9.17) is 5.73 Å². The summed E-state index contributed by atoms with van der Waals surface area (Å²) in [5, 5.41) is 2.93. The first kappa shape index (κ1) is 23.3. The molecule has 0 aromatic heterocycles. The Morgan fingerprint density at radius 1 is 0.909 bits per heavy atom. The molecule has 3 N–H and O–H groups in total. The molecule has 2 aromatic carbocycles. The van der Waals surface area contributed by atoms with Crippen LogP contribution in [0.5, 0.6) is 0 Å². The number of primary amides is 1. The van der Waals surface area contributed by atoms with Crippen molar-refractivity contribution >= 4 is 33.2 Å². The van der Waals surface area contributed by atoms with E-state index in [1.165, 1.54) is 4.31 Å². The van der Waals surface area contributed by atoms with Crippen LogP contribution in [0, 0.1) is 0 Å². The molecule has 2 fully saturated rings. The van der Waals surface area contributed by atoms with Crippen molar-refractivity contribution in [3.05, 3.63) is 53.6 Å². The molecule has 2 amide bonds. The third-order valence-electron chi connectivity index (χ3n) is 6.27. The van der Waals surface area contributed by atoms with Crippen molar-refractivity contribution in [1.82, 2.24) is 4.31 Å². The van der Waals surface area contributed by atoms with Crippen molar-refractivity contribution in [2.24, 2.45) is 5.73 Å². The molecule has 33 heavy (non-hydrogen) atoms. The normalized spacial score (nSPS) is 16.8. The molecule has 8 nitrogen and oxygen atoms in total. The van der Waals surface area contributed by atoms with Gasteiger partial charge in [-0.2, -0.15) is 4.31 Å². The number of rotatable bonds is 8. The van der Waals surface area contributed by atoms with Crippen LogP contribution in [0.3, 0.4) is 0 Å². The van der Waals surface area contributed by atoms with Crippen molar-refractivity contribution in [1.29, 1.82) is 0 Å². The number of sulfonamides is 1. The Balaban J connectivity index is 1.40. The lowest BCUT2D eigenvalue weighted by atomic mass is 10.1. The molecule has 0 saturated carbocycles. The van der Waals surface area contributed by atoms with E-state index in [-0.39, 0.29) is 17.2 Å². The highest BCUT2D eigenvalue weighted by atomic mass is 32.2. The largest absolute Gasteiger partial charge is 0.370 e. The maximum atomic E-state index is 12.7. The molecule has 176 valence electrons. The van der Waals surface area contributed by atoms with E-state index in [0.29, 0.717) is 30.8 Å². The van der Waals surface area contributed by atoms with Crippen molar-refractivity contribution < 1.29 is 18.0 Å². The third kappa shape index (κ3) is 5.36. The highest BCUT2D eigenvalue weighted by Gasteiger charge is 2.27. The lowest BCUT2D eigenvalue weighted by Crippen LogP contribution is -2.27. The van der Waals surface area contributed by atoms with E-state index in [1.54, 1.807) is 36.4 Å². The highest BCUT2D eigenvalue weighted by molar-refractivity contribution is 7.89. The van der Waals surface area contributed by atoms with Crippen LogP contribution in [0.1, 0.15) is 48.0 Å². The van der Waals surface area contributed by atoms with Gasteiger partial charge in [0.2, 0.25) is 21.8 Å². The van der Waals surface area contributed by atoms with Crippen LogP contribution < -0.4 is 16.0 Å². The van der Waals surface area contributed by atoms with Crippen molar-refractivity contribution in [3.63, 3.8) is 0 Å². The zero-order chi connectivity index (χ0) is 23.4. The van der Waals surface area contributed by atoms with Gasteiger partial charge in [0.1, 0.15) is 0 Å². The summed E-state index contributed by atoms with van der Waals surface area (Å²) in [5.41, 5.74) is 8.14. The Labute approximate surface area is 194 Å². The van der Waals surface area contributed by atoms with E-state index in [1.807, 2.05) is 6.07 Å². The molecule has 0 aliphatic carbocycles. The molecule has 9 heteroatoms. The van der Waals surface area contributed by atoms with E-state index < -0.39 is 15.9 Å². The van der Waals surface area contributed by atoms with Crippen LogP contribution >= 0.6 is 0 Å². The van der Waals surface area contributed by atoms with Gasteiger partial charge in [-0.15, -0.1) is 0 Å². The minimum Gasteiger partial charge on any atom is -0.370 e. The van der Waals surface area contributed by atoms with E-state index >= 15 is 0 Å². The van der Waals surface area contributed by atoms with E-state index in [2.05, 4.69) is 10.2 Å². The van der Waals surface area contributed by atoms with Crippen LogP contribution in [-0.2, 0) is 21.2 Å². The number of aryl methyl sites for hydroxylation is 1. The Hall–Kier alpha value is -2.91. The summed E-state index contributed by atoms with van der Waals surface area (Å²) < 4.78 is 26.8. The minimum absolute atomic E-state index is 0.175. The van der Waals surface area contributed by atoms with Crippen LogP contribution in [0.15, 0.2) is 47.4 Å². The van der Waals surface area contributed by atoms with Gasteiger partial charge in [-0.05, 0) is 68.0 Å². The zero-order valence-electron chi connectivity index (χ0n) is 18.6. The average molecular weight is 471 g/mol. The summed E-state index contributed by atoms with van der Waals surface area (Å²) in [6.07, 6.45) is 4.69. The van der Waals surface area contributed by atoms with Gasteiger partial charge in [0, 0.05) is 38.2 Å². The second-order valence-corrected chi connectivity index (χ2v) is 10.5. The van der Waals surface area contributed by atoms with Gasteiger partial charge in [-0.3, -0.25) is 9.59 Å². The molecule has 0 spiro atoms. The number of nitrogens with zero attached hydrogens (tertiary/aromatic N) is 2. The second-order valence-electron chi connectivity index (χ2n) is 8.59. The molecule has 2 saturated heterocycles. The summed E-state index contributed by atoms with van der Waals surface area (Å²) >= 11 is 0. The molecule has 0 atom stereocenters. The van der Waals surface area contributed by atoms with Gasteiger partial charge in [0.25, 0.3) is 0 Å². The van der Waals surface area contributed by atoms with Crippen LogP contribution in [0.2, 0.25) is 0 Å². The molecular weight excluding hydrogens is 440 g/mol. The Bertz CT molecular complexity index is 1120. The number of benzene rings is 2. The monoisotopic (exact) mass is 470 g/mol. The molecule has 0 radical (unpaired) electrons. The van der Waals surface area contributed by atoms with Crippen LogP contribution in [0.25, 0.3) is 0 Å². The zero-order valence-corrected chi connectivity index (χ0v) is 19.4. The number of hydrogen-bond donors (Lipinski definition) is 2. The topological polar surface area (TPSA) is 113 Å². The molecule has 0 unspecified atom stereocenters. The number of amides is 2. The van der Waals surface area contributed by atoms with Crippen LogP contribution in [0.4, 0.5) is 11.4 Å². The lowest BCUT2D eigenvalue weighted by molar-refractivity contribution is -0.116. The van der Waals surface area contributed by atoms with Gasteiger partial charge >= 0.3 is 0 Å². The summed E-state index contributed by atoms with van der Waals surface area (Å²) in [4.78, 5) is 26.8. The van der Waals surface area contributed by atoms with Gasteiger partial charge in [-0.25, -0.2) is 8.42 Å². The summed E-state index contributed by atoms with van der Waals surface area (Å²) in [6, 6.07) is 11.9. The number of nitrogens with one attached hydrogen (secondary N) is 1. The first-order valence-corrected chi connectivity index (χ1v) is 12.9. The number of carbonyl (C=O) groups is 2. The SMILES string of the molecule is NC(=O)c1ccc(N2CCCC2)c(NC(=O)CCc2ccc(S(=O)(=O)N3CCCC3)cc2)c1. The third-order valence-corrected chi connectivity index (χ3v) is 8.18. The van der Waals surface area contributed by atoms with E-state index in [0.717, 1.165) is 50.0 Å². The molecule has 2 aliphatic rings. The number of anilines is 2. The average Bonchev–Trinajstić information content (AvgIpc) is 3.52. The quantitative estimate of drug-likeness (QED) is 0.616. The molecule has 2 aliphatic heterocycles. The predicted octanol–water partition coefficient (Wildman–Crippen LogP) is 2.74. The highest BCUT2D eigenvalue weighted by Crippen LogP contribution is 2.30. The Morgan fingerprint density at radius 2 is 1.55 bits per heavy atom. The Morgan fingerprint density at radius 3 is 2.18 bits per heavy atom. The number of nitrogens with two attached hydrogens (primary N) is 1. The molecule has 2 aromatic rings. The standard InChI is InChI=1S/C24H30N4O4S/c25-24(30)19-8-11-22(27-13-1-2-14-27)21(17-19)26-23(29)12-7-18-5-9-20(10-6-18)33(31,32)28-15-3-4-16-28/h5-6,8-11,17H,1-4,7,12-16H2,(H2,25,30)(H,26,29). The summed E-state index contributed by atoms with van der Waals surface area (Å²) in [6.45, 7) is 2.96. The second kappa shape index (κ2) is 9.93. The van der Waals surface area contributed by atoms with Gasteiger partial charge < -0.3 is 16.0 Å². The smallest absolute Gasteiger partial charge is 0.248 e. The van der Waals surface area contributed by atoms with Crippen molar-refractivity contribution in [3.8, 4) is 0 Å². The molecular formula is C24H30N4O4S. The van der Waals surface area contributed by atoms with E-state index in [9.17, 15) is 18.0 Å². The molecule has 4 rings (SSSR count). The summed E-state index contributed by atoms with van der Waals surface area (Å²) in [5.74, 6) is -0.715. The molecule has 2 heterocycles. The van der Waals surface area contributed by atoms with Crippen LogP contribution in [-0.4, -0.2) is 50.7 Å². The number of hydrogen-bond acceptors (Lipinski definition) is 5. The maximum Gasteiger partial charge on any atom is 0.248 e. The molecule has 0 bridgehead atoms. The van der Waals surface area contributed by atoms with Crippen molar-refractivity contribution in [2.45, 2.75) is 43.4 Å². The Kier molecular flexibility index (Phi) is 6.99. The fraction of sp³-hybridized carbons (Fsp3) is 0.417. The van der Waals surface area contributed by atoms with Gasteiger partial charge in [0.05, 0.1) is 16.3 Å². The fourth-order valence-corrected chi connectivity index (χ4v) is 5.92. The summed E-state index contributed by atoms with van der Waals surface area (Å²) in [7, 11) is -3.44. The van der Waals surface area contributed by atoms with Crippen molar-refractivity contribution in [2.75, 3.05) is 36.4 Å². The van der Waals surface area contributed by atoms with Gasteiger partial charge in [0.15, 0.2) is 0 Å². The predicted molar refractivity (Wildman–Crippen MR) is 128 cm³/mol. The fourth-order valence-electron chi connectivity index (χ4n) is 4.40. The maximum absolute atomic E-state index is 12.7. The first-order valence-electron chi connectivity index (χ1n) is 11.4. The number of carbonyl (C=O) groups excluding carboxylic acids is 2.